The van der Waals surface area contributed by atoms with E-state index >= 15 is 0 Å². The highest BCUT2D eigenvalue weighted by Crippen LogP contribution is 2.16. The average Bonchev–Trinajstić information content (AvgIpc) is 3.35. The van der Waals surface area contributed by atoms with E-state index in [1.54, 1.807) is 19.0 Å². The first-order valence-corrected chi connectivity index (χ1v) is 10.9. The van der Waals surface area contributed by atoms with Gasteiger partial charge < -0.3 is 15.5 Å². The Morgan fingerprint density at radius 1 is 1.30 bits per heavy atom. The predicted octanol–water partition coefficient (Wildman–Crippen LogP) is 0.881. The number of hydrogen-bond acceptors (Lipinski definition) is 5. The Bertz CT molecular complexity index is 720. The van der Waals surface area contributed by atoms with Crippen LogP contribution in [0.5, 0.6) is 0 Å². The second-order valence-electron chi connectivity index (χ2n) is 8.12. The molecule has 0 bridgehead atoms. The Balaban J connectivity index is 0.00000320. The third-order valence-corrected chi connectivity index (χ3v) is 5.84. The van der Waals surface area contributed by atoms with E-state index in [9.17, 15) is 4.79 Å². The third kappa shape index (κ3) is 6.53. The Morgan fingerprint density at radius 2 is 2.10 bits per heavy atom. The average molecular weight is 532 g/mol. The van der Waals surface area contributed by atoms with Gasteiger partial charge in [0.25, 0.3) is 0 Å². The number of fused-ring (bicyclic) bond motifs is 1. The highest BCUT2D eigenvalue weighted by molar-refractivity contribution is 14.0. The maximum atomic E-state index is 12.0. The molecule has 170 valence electrons. The van der Waals surface area contributed by atoms with E-state index in [-0.39, 0.29) is 42.5 Å². The minimum atomic E-state index is -0.00283. The lowest BCUT2D eigenvalue weighted by Crippen LogP contribution is -2.50. The molecule has 1 fully saturated rings. The number of halogens is 1. The standard InChI is InChI=1S/C20H36N8O.HI/c1-5-17-24-18-10-9-15(14-28(18)25-17)23-20(22-13-19(29)26(3)4)21-12-16-8-7-11-27(16)6-2;/h15-16H,5-14H2,1-4H3,(H2,21,22,23);1H. The van der Waals surface area contributed by atoms with Crippen LogP contribution in [0.2, 0.25) is 0 Å². The number of guanidine groups is 1. The SMILES string of the molecule is CCc1nc2n(n1)CC(NC(=NCC(=O)N(C)C)NCC1CCCN1CC)CC2.I. The molecule has 2 aliphatic rings. The zero-order chi connectivity index (χ0) is 20.8. The number of amides is 1. The molecule has 2 atom stereocenters. The fourth-order valence-electron chi connectivity index (χ4n) is 4.02. The molecule has 30 heavy (non-hydrogen) atoms. The maximum Gasteiger partial charge on any atom is 0.243 e. The molecule has 3 rings (SSSR count). The predicted molar refractivity (Wildman–Crippen MR) is 129 cm³/mol. The summed E-state index contributed by atoms with van der Waals surface area (Å²) in [7, 11) is 3.52. The Kier molecular flexibility index (Phi) is 9.79. The van der Waals surface area contributed by atoms with E-state index in [0.29, 0.717) is 12.0 Å². The largest absolute Gasteiger partial charge is 0.355 e. The minimum absolute atomic E-state index is 0. The van der Waals surface area contributed by atoms with Crippen molar-refractivity contribution >= 4 is 35.8 Å². The van der Waals surface area contributed by atoms with Crippen molar-refractivity contribution in [1.82, 2.24) is 35.2 Å². The van der Waals surface area contributed by atoms with Crippen LogP contribution in [0, 0.1) is 0 Å². The van der Waals surface area contributed by atoms with E-state index in [0.717, 1.165) is 50.5 Å². The van der Waals surface area contributed by atoms with Crippen LogP contribution in [0.25, 0.3) is 0 Å². The first kappa shape index (κ1) is 24.8. The van der Waals surface area contributed by atoms with E-state index in [2.05, 4.69) is 44.5 Å². The van der Waals surface area contributed by atoms with Crippen molar-refractivity contribution in [2.75, 3.05) is 40.3 Å². The highest BCUT2D eigenvalue weighted by atomic mass is 127. The van der Waals surface area contributed by atoms with Crippen LogP contribution in [-0.4, -0.2) is 88.8 Å². The van der Waals surface area contributed by atoms with Crippen molar-refractivity contribution in [2.45, 2.75) is 64.6 Å². The highest BCUT2D eigenvalue weighted by Gasteiger charge is 2.25. The smallest absolute Gasteiger partial charge is 0.243 e. The summed E-state index contributed by atoms with van der Waals surface area (Å²) in [4.78, 5) is 25.3. The van der Waals surface area contributed by atoms with Crippen molar-refractivity contribution < 1.29 is 4.79 Å². The molecule has 2 aliphatic heterocycles. The van der Waals surface area contributed by atoms with Crippen LogP contribution in [0.15, 0.2) is 4.99 Å². The Morgan fingerprint density at radius 3 is 2.80 bits per heavy atom. The van der Waals surface area contributed by atoms with Crippen molar-refractivity contribution in [3.63, 3.8) is 0 Å². The normalized spacial score (nSPS) is 21.7. The van der Waals surface area contributed by atoms with Gasteiger partial charge in [-0.05, 0) is 32.4 Å². The summed E-state index contributed by atoms with van der Waals surface area (Å²) in [5.41, 5.74) is 0. The lowest BCUT2D eigenvalue weighted by molar-refractivity contribution is -0.127. The van der Waals surface area contributed by atoms with Crippen LogP contribution in [0.4, 0.5) is 0 Å². The molecule has 1 aromatic heterocycles. The molecule has 0 aliphatic carbocycles. The van der Waals surface area contributed by atoms with E-state index in [4.69, 9.17) is 0 Å². The first-order valence-electron chi connectivity index (χ1n) is 10.9. The monoisotopic (exact) mass is 532 g/mol. The first-order chi connectivity index (χ1) is 14.0. The number of likely N-dealkylation sites (N-methyl/N-ethyl adjacent to an activating group) is 2. The molecule has 0 saturated carbocycles. The van der Waals surface area contributed by atoms with Crippen LogP contribution < -0.4 is 10.6 Å². The zero-order valence-corrected chi connectivity index (χ0v) is 21.1. The number of carbonyl (C=O) groups excluding carboxylic acids is 1. The molecule has 0 radical (unpaired) electrons. The lowest BCUT2D eigenvalue weighted by Gasteiger charge is -2.28. The fraction of sp³-hybridized carbons (Fsp3) is 0.800. The summed E-state index contributed by atoms with van der Waals surface area (Å²) in [6, 6.07) is 0.748. The molecule has 2 N–H and O–H groups in total. The molecule has 0 spiro atoms. The summed E-state index contributed by atoms with van der Waals surface area (Å²) in [5.74, 6) is 2.69. The summed E-state index contributed by atoms with van der Waals surface area (Å²) < 4.78 is 2.01. The molecular weight excluding hydrogens is 495 g/mol. The van der Waals surface area contributed by atoms with Crippen molar-refractivity contribution in [3.8, 4) is 0 Å². The van der Waals surface area contributed by atoms with Gasteiger partial charge in [-0.15, -0.1) is 24.0 Å². The van der Waals surface area contributed by atoms with Crippen molar-refractivity contribution in [1.29, 1.82) is 0 Å². The molecule has 10 heteroatoms. The number of likely N-dealkylation sites (tertiary alicyclic amines) is 1. The van der Waals surface area contributed by atoms with Gasteiger partial charge in [0.1, 0.15) is 12.4 Å². The molecule has 9 nitrogen and oxygen atoms in total. The van der Waals surface area contributed by atoms with Gasteiger partial charge in [0.2, 0.25) is 5.91 Å². The van der Waals surface area contributed by atoms with Gasteiger partial charge >= 0.3 is 0 Å². The molecule has 0 aromatic carbocycles. The number of aromatic nitrogens is 3. The van der Waals surface area contributed by atoms with Gasteiger partial charge in [-0.3, -0.25) is 9.69 Å². The second-order valence-corrected chi connectivity index (χ2v) is 8.12. The van der Waals surface area contributed by atoms with Gasteiger partial charge in [-0.25, -0.2) is 14.7 Å². The third-order valence-electron chi connectivity index (χ3n) is 5.84. The minimum Gasteiger partial charge on any atom is -0.355 e. The number of nitrogens with zero attached hydrogens (tertiary/aromatic N) is 6. The van der Waals surface area contributed by atoms with Gasteiger partial charge in [-0.1, -0.05) is 13.8 Å². The van der Waals surface area contributed by atoms with Gasteiger partial charge in [-0.2, -0.15) is 5.10 Å². The molecular formula is C20H37IN8O. The fourth-order valence-corrected chi connectivity index (χ4v) is 4.02. The second kappa shape index (κ2) is 11.8. The van der Waals surface area contributed by atoms with Crippen LogP contribution in [-0.2, 0) is 24.2 Å². The number of carbonyl (C=O) groups is 1. The van der Waals surface area contributed by atoms with Gasteiger partial charge in [0, 0.05) is 45.6 Å². The number of nitrogens with one attached hydrogen (secondary N) is 2. The quantitative estimate of drug-likeness (QED) is 0.308. The lowest BCUT2D eigenvalue weighted by atomic mass is 10.1. The molecule has 2 unspecified atom stereocenters. The molecule has 3 heterocycles. The Labute approximate surface area is 197 Å². The number of aliphatic imine (C=N–C) groups is 1. The molecule has 1 saturated heterocycles. The summed E-state index contributed by atoms with van der Waals surface area (Å²) >= 11 is 0. The molecule has 1 amide bonds. The Hall–Kier alpha value is -1.43. The summed E-state index contributed by atoms with van der Waals surface area (Å²) in [6.07, 6.45) is 5.19. The van der Waals surface area contributed by atoms with Crippen molar-refractivity contribution in [2.24, 2.45) is 4.99 Å². The van der Waals surface area contributed by atoms with Crippen molar-refractivity contribution in [3.05, 3.63) is 11.6 Å². The van der Waals surface area contributed by atoms with E-state index in [1.165, 1.54) is 19.4 Å². The van der Waals surface area contributed by atoms with Crippen LogP contribution >= 0.6 is 24.0 Å². The number of aryl methyl sites for hydroxylation is 2. The van der Waals surface area contributed by atoms with E-state index < -0.39 is 0 Å². The van der Waals surface area contributed by atoms with Crippen LogP contribution in [0.3, 0.4) is 0 Å². The van der Waals surface area contributed by atoms with Gasteiger partial charge in [0.05, 0.1) is 6.54 Å². The topological polar surface area (TPSA) is 90.7 Å². The van der Waals surface area contributed by atoms with Gasteiger partial charge in [0.15, 0.2) is 11.8 Å². The van der Waals surface area contributed by atoms with E-state index in [1.807, 2.05) is 4.68 Å². The maximum absolute atomic E-state index is 12.0. The summed E-state index contributed by atoms with van der Waals surface area (Å²) in [5, 5.41) is 11.6. The zero-order valence-electron chi connectivity index (χ0n) is 18.7. The summed E-state index contributed by atoms with van der Waals surface area (Å²) in [6.45, 7) is 8.29. The number of hydrogen-bond donors (Lipinski definition) is 2. The number of rotatable bonds is 7. The van der Waals surface area contributed by atoms with Crippen LogP contribution in [0.1, 0.15) is 44.8 Å². The molecule has 1 aromatic rings.